The van der Waals surface area contributed by atoms with E-state index in [9.17, 15) is 19.5 Å². The Bertz CT molecular complexity index is 487. The van der Waals surface area contributed by atoms with Gasteiger partial charge in [0.25, 0.3) is 5.91 Å². The summed E-state index contributed by atoms with van der Waals surface area (Å²) in [6.45, 7) is 1.39. The number of nitrogens with one attached hydrogen (secondary N) is 1. The second kappa shape index (κ2) is 7.40. The fourth-order valence-electron chi connectivity index (χ4n) is 1.67. The molecule has 4 N–H and O–H groups in total. The van der Waals surface area contributed by atoms with Gasteiger partial charge in [0.05, 0.1) is 0 Å². The van der Waals surface area contributed by atoms with Gasteiger partial charge in [-0.15, -0.1) is 0 Å². The molecule has 108 valence electrons. The quantitative estimate of drug-likeness (QED) is 0.655. The van der Waals surface area contributed by atoms with Crippen molar-refractivity contribution in [1.82, 2.24) is 5.32 Å². The summed E-state index contributed by atoms with van der Waals surface area (Å²) in [5.74, 6) is -1.56. The molecule has 0 fully saturated rings. The Balaban J connectivity index is 2.66. The SMILES string of the molecule is CC(=O)CC[C@@H](NC(=O)[C@@H](O)c1ccccc1)C(N)=O. The highest BCUT2D eigenvalue weighted by Crippen LogP contribution is 2.12. The molecule has 2 amide bonds. The normalized spacial score (nSPS) is 13.3. The highest BCUT2D eigenvalue weighted by Gasteiger charge is 2.23. The number of benzene rings is 1. The number of aliphatic hydroxyl groups excluding tert-OH is 1. The van der Waals surface area contributed by atoms with Gasteiger partial charge in [-0.1, -0.05) is 30.3 Å². The number of hydrogen-bond acceptors (Lipinski definition) is 4. The van der Waals surface area contributed by atoms with Gasteiger partial charge in [0.1, 0.15) is 11.8 Å². The number of hydrogen-bond donors (Lipinski definition) is 3. The Morgan fingerprint density at radius 2 is 1.85 bits per heavy atom. The number of carbonyl (C=O) groups excluding carboxylic acids is 3. The predicted octanol–water partition coefficient (Wildman–Crippen LogP) is 0.0593. The van der Waals surface area contributed by atoms with E-state index in [-0.39, 0.29) is 18.6 Å². The van der Waals surface area contributed by atoms with E-state index in [0.717, 1.165) is 0 Å². The van der Waals surface area contributed by atoms with Crippen molar-refractivity contribution < 1.29 is 19.5 Å². The minimum Gasteiger partial charge on any atom is -0.378 e. The highest BCUT2D eigenvalue weighted by atomic mass is 16.3. The number of carbonyl (C=O) groups is 3. The molecule has 0 unspecified atom stereocenters. The lowest BCUT2D eigenvalue weighted by Crippen LogP contribution is -2.46. The van der Waals surface area contributed by atoms with Crippen LogP contribution in [0.1, 0.15) is 31.4 Å². The molecule has 0 heterocycles. The summed E-state index contributed by atoms with van der Waals surface area (Å²) in [4.78, 5) is 34.0. The maximum atomic E-state index is 11.8. The standard InChI is InChI=1S/C14H18N2O4/c1-9(17)7-8-11(13(15)19)16-14(20)12(18)10-5-3-2-4-6-10/h2-6,11-12,18H,7-8H2,1H3,(H2,15,19)(H,16,20)/t11-,12+/m1/s1. The summed E-state index contributed by atoms with van der Waals surface area (Å²) in [7, 11) is 0. The second-order valence-corrected chi connectivity index (χ2v) is 4.52. The molecule has 2 atom stereocenters. The van der Waals surface area contributed by atoms with E-state index in [1.54, 1.807) is 30.3 Å². The number of rotatable bonds is 7. The molecule has 0 spiro atoms. The highest BCUT2D eigenvalue weighted by molar-refractivity contribution is 5.89. The summed E-state index contributed by atoms with van der Waals surface area (Å²) in [6.07, 6.45) is -1.12. The number of aliphatic hydroxyl groups is 1. The Kier molecular flexibility index (Phi) is 5.86. The molecule has 0 bridgehead atoms. The van der Waals surface area contributed by atoms with Crippen molar-refractivity contribution in [2.24, 2.45) is 5.73 Å². The lowest BCUT2D eigenvalue weighted by Gasteiger charge is -2.17. The topological polar surface area (TPSA) is 109 Å². The maximum Gasteiger partial charge on any atom is 0.254 e. The zero-order valence-electron chi connectivity index (χ0n) is 11.2. The van der Waals surface area contributed by atoms with Crippen LogP contribution in [0.25, 0.3) is 0 Å². The van der Waals surface area contributed by atoms with Crippen molar-refractivity contribution in [2.75, 3.05) is 0 Å². The maximum absolute atomic E-state index is 11.8. The average molecular weight is 278 g/mol. The zero-order valence-corrected chi connectivity index (χ0v) is 11.2. The first-order valence-corrected chi connectivity index (χ1v) is 6.24. The molecule has 0 aliphatic carbocycles. The molecule has 6 heteroatoms. The van der Waals surface area contributed by atoms with Crippen LogP contribution < -0.4 is 11.1 Å². The molecule has 1 rings (SSSR count). The molecule has 0 aliphatic heterocycles. The van der Waals surface area contributed by atoms with Gasteiger partial charge in [0.15, 0.2) is 6.10 Å². The molecule has 0 saturated heterocycles. The molecule has 20 heavy (non-hydrogen) atoms. The van der Waals surface area contributed by atoms with Crippen molar-refractivity contribution in [3.8, 4) is 0 Å². The molecular formula is C14H18N2O4. The van der Waals surface area contributed by atoms with Crippen LogP contribution in [0.15, 0.2) is 30.3 Å². The van der Waals surface area contributed by atoms with Crippen molar-refractivity contribution in [3.05, 3.63) is 35.9 Å². The largest absolute Gasteiger partial charge is 0.378 e. The summed E-state index contributed by atoms with van der Waals surface area (Å²) < 4.78 is 0. The van der Waals surface area contributed by atoms with Gasteiger partial charge in [0.2, 0.25) is 5.91 Å². The second-order valence-electron chi connectivity index (χ2n) is 4.52. The first-order valence-electron chi connectivity index (χ1n) is 6.24. The van der Waals surface area contributed by atoms with Crippen LogP contribution in [0.4, 0.5) is 0 Å². The van der Waals surface area contributed by atoms with E-state index in [2.05, 4.69) is 5.32 Å². The van der Waals surface area contributed by atoms with Crippen LogP contribution in [0.2, 0.25) is 0 Å². The van der Waals surface area contributed by atoms with Crippen LogP contribution in [-0.2, 0) is 14.4 Å². The molecule has 0 saturated carbocycles. The van der Waals surface area contributed by atoms with Gasteiger partial charge in [-0.2, -0.15) is 0 Å². The van der Waals surface area contributed by atoms with Crippen LogP contribution in [0.5, 0.6) is 0 Å². The number of nitrogens with two attached hydrogens (primary N) is 1. The number of Topliss-reactive ketones (excluding diaryl/α,β-unsaturated/α-hetero) is 1. The third-order valence-corrected chi connectivity index (χ3v) is 2.81. The summed E-state index contributed by atoms with van der Waals surface area (Å²) in [5, 5.41) is 12.2. The smallest absolute Gasteiger partial charge is 0.254 e. The Labute approximate surface area is 117 Å². The minimum absolute atomic E-state index is 0.103. The summed E-state index contributed by atoms with van der Waals surface area (Å²) in [5.41, 5.74) is 5.58. The minimum atomic E-state index is -1.38. The van der Waals surface area contributed by atoms with E-state index in [1.165, 1.54) is 6.92 Å². The molecule has 1 aromatic carbocycles. The third-order valence-electron chi connectivity index (χ3n) is 2.81. The Morgan fingerprint density at radius 1 is 1.25 bits per heavy atom. The van der Waals surface area contributed by atoms with Gasteiger partial charge in [0, 0.05) is 6.42 Å². The summed E-state index contributed by atoms with van der Waals surface area (Å²) >= 11 is 0. The van der Waals surface area contributed by atoms with Crippen LogP contribution >= 0.6 is 0 Å². The molecule has 0 aliphatic rings. The molecule has 6 nitrogen and oxygen atoms in total. The lowest BCUT2D eigenvalue weighted by molar-refractivity contribution is -0.133. The zero-order chi connectivity index (χ0) is 15.1. The third kappa shape index (κ3) is 4.81. The van der Waals surface area contributed by atoms with E-state index in [1.807, 2.05) is 0 Å². The van der Waals surface area contributed by atoms with E-state index in [0.29, 0.717) is 5.56 Å². The van der Waals surface area contributed by atoms with Crippen LogP contribution in [-0.4, -0.2) is 28.7 Å². The van der Waals surface area contributed by atoms with Gasteiger partial charge in [-0.25, -0.2) is 0 Å². The van der Waals surface area contributed by atoms with Gasteiger partial charge >= 0.3 is 0 Å². The van der Waals surface area contributed by atoms with Crippen molar-refractivity contribution in [1.29, 1.82) is 0 Å². The van der Waals surface area contributed by atoms with Crippen LogP contribution in [0, 0.1) is 0 Å². The first kappa shape index (κ1) is 15.8. The van der Waals surface area contributed by atoms with Crippen molar-refractivity contribution in [2.45, 2.75) is 31.9 Å². The summed E-state index contributed by atoms with van der Waals surface area (Å²) in [6, 6.07) is 7.36. The van der Waals surface area contributed by atoms with Gasteiger partial charge < -0.3 is 21.0 Å². The average Bonchev–Trinajstić information content (AvgIpc) is 2.42. The lowest BCUT2D eigenvalue weighted by atomic mass is 10.1. The van der Waals surface area contributed by atoms with Crippen molar-refractivity contribution >= 4 is 17.6 Å². The van der Waals surface area contributed by atoms with Crippen LogP contribution in [0.3, 0.4) is 0 Å². The number of amides is 2. The Morgan fingerprint density at radius 3 is 2.35 bits per heavy atom. The fourth-order valence-corrected chi connectivity index (χ4v) is 1.67. The first-order chi connectivity index (χ1) is 9.41. The number of primary amides is 1. The van der Waals surface area contributed by atoms with E-state index >= 15 is 0 Å². The van der Waals surface area contributed by atoms with Crippen molar-refractivity contribution in [3.63, 3.8) is 0 Å². The Hall–Kier alpha value is -2.21. The molecule has 1 aromatic rings. The van der Waals surface area contributed by atoms with Gasteiger partial charge in [-0.3, -0.25) is 9.59 Å². The fraction of sp³-hybridized carbons (Fsp3) is 0.357. The van der Waals surface area contributed by atoms with E-state index < -0.39 is 24.0 Å². The molecular weight excluding hydrogens is 260 g/mol. The monoisotopic (exact) mass is 278 g/mol. The van der Waals surface area contributed by atoms with E-state index in [4.69, 9.17) is 5.73 Å². The predicted molar refractivity (Wildman–Crippen MR) is 72.4 cm³/mol. The molecule has 0 radical (unpaired) electrons. The number of ketones is 1. The van der Waals surface area contributed by atoms with Gasteiger partial charge in [-0.05, 0) is 18.9 Å². The molecule has 0 aromatic heterocycles.